The zero-order valence-electron chi connectivity index (χ0n) is 7.32. The molecule has 0 saturated carbocycles. The van der Waals surface area contributed by atoms with Crippen LogP contribution < -0.4 is 0 Å². The normalized spacial score (nSPS) is 10.6. The summed E-state index contributed by atoms with van der Waals surface area (Å²) in [4.78, 5) is 3.96. The molecule has 2 nitrogen and oxygen atoms in total. The third-order valence-electron chi connectivity index (χ3n) is 1.27. The van der Waals surface area contributed by atoms with E-state index in [4.69, 9.17) is 5.11 Å². The minimum absolute atomic E-state index is 0.101. The van der Waals surface area contributed by atoms with Crippen LogP contribution in [0.2, 0.25) is 0 Å². The molecule has 1 aromatic rings. The fourth-order valence-electron chi connectivity index (χ4n) is 0.736. The fraction of sp³-hybridized carbons (Fsp3) is 0.444. The molecule has 0 aliphatic heterocycles. The van der Waals surface area contributed by atoms with Gasteiger partial charge in [-0.3, -0.25) is 0 Å². The molecule has 0 spiro atoms. The Bertz CT molecular complexity index is 250. The molecule has 0 bridgehead atoms. The number of rotatable bonds is 3. The first-order chi connectivity index (χ1) is 5.68. The maximum atomic E-state index is 9.05. The molecular weight excluding hydrogens is 170 g/mol. The molecule has 12 heavy (non-hydrogen) atoms. The van der Waals surface area contributed by atoms with Crippen LogP contribution in [0.5, 0.6) is 5.88 Å². The summed E-state index contributed by atoms with van der Waals surface area (Å²) >= 11 is 1.67. The van der Waals surface area contributed by atoms with Crippen molar-refractivity contribution >= 4 is 11.8 Å². The highest BCUT2D eigenvalue weighted by atomic mass is 32.2. The molecule has 0 unspecified atom stereocenters. The third kappa shape index (κ3) is 3.13. The Kier molecular flexibility index (Phi) is 3.41. The fourth-order valence-corrected chi connectivity index (χ4v) is 1.57. The van der Waals surface area contributed by atoms with Crippen LogP contribution in [-0.2, 0) is 0 Å². The molecule has 0 aliphatic carbocycles. The van der Waals surface area contributed by atoms with Gasteiger partial charge in [0.15, 0.2) is 0 Å². The first-order valence-corrected chi connectivity index (χ1v) is 4.96. The van der Waals surface area contributed by atoms with E-state index >= 15 is 0 Å². The minimum Gasteiger partial charge on any atom is -0.493 e. The molecule has 0 aliphatic rings. The molecule has 1 heterocycles. The predicted molar refractivity (Wildman–Crippen MR) is 51.5 cm³/mol. The summed E-state index contributed by atoms with van der Waals surface area (Å²) in [6, 6.07) is 5.30. The Labute approximate surface area is 77.0 Å². The highest BCUT2D eigenvalue weighted by Gasteiger charge is 1.98. The van der Waals surface area contributed by atoms with Crippen LogP contribution in [0.3, 0.4) is 0 Å². The zero-order chi connectivity index (χ0) is 8.97. The lowest BCUT2D eigenvalue weighted by atomic mass is 10.3. The molecular formula is C9H13NOS. The summed E-state index contributed by atoms with van der Waals surface area (Å²) < 4.78 is 0. The minimum atomic E-state index is 0.101. The second-order valence-corrected chi connectivity index (χ2v) is 4.08. The number of pyridine rings is 1. The summed E-state index contributed by atoms with van der Waals surface area (Å²) in [6.45, 7) is 4.32. The van der Waals surface area contributed by atoms with Crippen LogP contribution in [0, 0.1) is 5.92 Å². The molecule has 1 rings (SSSR count). The van der Waals surface area contributed by atoms with E-state index in [0.29, 0.717) is 5.92 Å². The van der Waals surface area contributed by atoms with Crippen molar-refractivity contribution in [2.75, 3.05) is 5.75 Å². The van der Waals surface area contributed by atoms with E-state index < -0.39 is 0 Å². The van der Waals surface area contributed by atoms with Crippen LogP contribution >= 0.6 is 11.8 Å². The Morgan fingerprint density at radius 1 is 1.50 bits per heavy atom. The highest BCUT2D eigenvalue weighted by molar-refractivity contribution is 7.99. The van der Waals surface area contributed by atoms with Crippen LogP contribution in [0.25, 0.3) is 0 Å². The van der Waals surface area contributed by atoms with Gasteiger partial charge in [-0.05, 0) is 12.0 Å². The maximum absolute atomic E-state index is 9.05. The average molecular weight is 183 g/mol. The van der Waals surface area contributed by atoms with Crippen molar-refractivity contribution in [3.63, 3.8) is 0 Å². The van der Waals surface area contributed by atoms with Crippen molar-refractivity contribution < 1.29 is 5.11 Å². The van der Waals surface area contributed by atoms with Crippen molar-refractivity contribution in [2.24, 2.45) is 5.92 Å². The Morgan fingerprint density at radius 3 is 2.83 bits per heavy atom. The second kappa shape index (κ2) is 4.36. The number of aromatic hydroxyl groups is 1. The first-order valence-electron chi connectivity index (χ1n) is 3.97. The summed E-state index contributed by atoms with van der Waals surface area (Å²) in [6.07, 6.45) is 0. The van der Waals surface area contributed by atoms with Gasteiger partial charge in [0.2, 0.25) is 5.88 Å². The SMILES string of the molecule is CC(C)CSc1cccc(O)n1. The Morgan fingerprint density at radius 2 is 2.25 bits per heavy atom. The van der Waals surface area contributed by atoms with Gasteiger partial charge in [-0.15, -0.1) is 11.8 Å². The Hall–Kier alpha value is -0.700. The highest BCUT2D eigenvalue weighted by Crippen LogP contribution is 2.19. The molecule has 66 valence electrons. The molecule has 0 saturated heterocycles. The van der Waals surface area contributed by atoms with Gasteiger partial charge in [-0.25, -0.2) is 4.98 Å². The predicted octanol–water partition coefficient (Wildman–Crippen LogP) is 2.54. The third-order valence-corrected chi connectivity index (χ3v) is 2.63. The Balaban J connectivity index is 2.52. The van der Waals surface area contributed by atoms with E-state index in [-0.39, 0.29) is 5.88 Å². The van der Waals surface area contributed by atoms with Crippen molar-refractivity contribution in [1.29, 1.82) is 0 Å². The van der Waals surface area contributed by atoms with Crippen molar-refractivity contribution in [3.8, 4) is 5.88 Å². The zero-order valence-corrected chi connectivity index (χ0v) is 8.14. The van der Waals surface area contributed by atoms with Gasteiger partial charge in [0.25, 0.3) is 0 Å². The molecule has 1 aromatic heterocycles. The topological polar surface area (TPSA) is 33.1 Å². The van der Waals surface area contributed by atoms with Gasteiger partial charge in [-0.1, -0.05) is 19.9 Å². The van der Waals surface area contributed by atoms with Crippen molar-refractivity contribution in [1.82, 2.24) is 4.98 Å². The van der Waals surface area contributed by atoms with Gasteiger partial charge in [0.05, 0.1) is 0 Å². The smallest absolute Gasteiger partial charge is 0.211 e. The molecule has 1 N–H and O–H groups in total. The van der Waals surface area contributed by atoms with E-state index in [1.807, 2.05) is 12.1 Å². The molecule has 0 fully saturated rings. The van der Waals surface area contributed by atoms with Crippen LogP contribution in [-0.4, -0.2) is 15.8 Å². The van der Waals surface area contributed by atoms with Crippen LogP contribution in [0.15, 0.2) is 23.2 Å². The maximum Gasteiger partial charge on any atom is 0.211 e. The summed E-state index contributed by atoms with van der Waals surface area (Å²) in [5.74, 6) is 1.79. The number of aromatic nitrogens is 1. The van der Waals surface area contributed by atoms with Crippen LogP contribution in [0.4, 0.5) is 0 Å². The molecule has 3 heteroatoms. The summed E-state index contributed by atoms with van der Waals surface area (Å²) in [7, 11) is 0. The number of thioether (sulfide) groups is 1. The lowest BCUT2D eigenvalue weighted by Gasteiger charge is -2.03. The monoisotopic (exact) mass is 183 g/mol. The lowest BCUT2D eigenvalue weighted by molar-refractivity contribution is 0.449. The van der Waals surface area contributed by atoms with E-state index in [1.54, 1.807) is 17.8 Å². The number of hydrogen-bond donors (Lipinski definition) is 1. The first kappa shape index (κ1) is 9.39. The van der Waals surface area contributed by atoms with Gasteiger partial charge < -0.3 is 5.11 Å². The number of nitrogens with zero attached hydrogens (tertiary/aromatic N) is 1. The van der Waals surface area contributed by atoms with E-state index in [2.05, 4.69) is 18.8 Å². The van der Waals surface area contributed by atoms with Gasteiger partial charge in [0, 0.05) is 11.8 Å². The van der Waals surface area contributed by atoms with Gasteiger partial charge in [-0.2, -0.15) is 0 Å². The van der Waals surface area contributed by atoms with Crippen molar-refractivity contribution in [2.45, 2.75) is 18.9 Å². The van der Waals surface area contributed by atoms with Gasteiger partial charge in [0.1, 0.15) is 5.03 Å². The van der Waals surface area contributed by atoms with Gasteiger partial charge >= 0.3 is 0 Å². The van der Waals surface area contributed by atoms with E-state index in [1.165, 1.54) is 0 Å². The quantitative estimate of drug-likeness (QED) is 0.731. The molecule has 0 amide bonds. The van der Waals surface area contributed by atoms with Crippen molar-refractivity contribution in [3.05, 3.63) is 18.2 Å². The van der Waals surface area contributed by atoms with E-state index in [0.717, 1.165) is 10.8 Å². The number of hydrogen-bond acceptors (Lipinski definition) is 3. The largest absolute Gasteiger partial charge is 0.493 e. The lowest BCUT2D eigenvalue weighted by Crippen LogP contribution is -1.91. The average Bonchev–Trinajstić information content (AvgIpc) is 2.01. The summed E-state index contributed by atoms with van der Waals surface area (Å²) in [5, 5.41) is 9.95. The molecule has 0 aromatic carbocycles. The second-order valence-electron chi connectivity index (χ2n) is 3.04. The molecule has 0 radical (unpaired) electrons. The standard InChI is InChI=1S/C9H13NOS/c1-7(2)6-12-9-5-3-4-8(11)10-9/h3-5,7H,6H2,1-2H3,(H,10,11). The molecule has 0 atom stereocenters. The summed E-state index contributed by atoms with van der Waals surface area (Å²) in [5.41, 5.74) is 0. The van der Waals surface area contributed by atoms with E-state index in [9.17, 15) is 0 Å². The van der Waals surface area contributed by atoms with Crippen LogP contribution in [0.1, 0.15) is 13.8 Å².